The van der Waals surface area contributed by atoms with Gasteiger partial charge in [0.25, 0.3) is 0 Å². The molecule has 2 aromatic rings. The van der Waals surface area contributed by atoms with Crippen LogP contribution in [-0.4, -0.2) is 35.4 Å². The van der Waals surface area contributed by atoms with Crippen LogP contribution < -0.4 is 0 Å². The molecule has 1 aromatic carbocycles. The van der Waals surface area contributed by atoms with E-state index in [1.807, 2.05) is 24.4 Å². The number of aliphatic hydroxyl groups excluding tert-OH is 1. The number of benzene rings is 1. The number of aromatic nitrogens is 1. The summed E-state index contributed by atoms with van der Waals surface area (Å²) in [6, 6.07) is 8.08. The number of nitrogens with one attached hydrogen (secondary N) is 1. The molecule has 0 aliphatic heterocycles. The molecule has 2 rings (SSSR count). The van der Waals surface area contributed by atoms with Crippen LogP contribution in [0.4, 0.5) is 0 Å². The van der Waals surface area contributed by atoms with Crippen molar-refractivity contribution >= 4 is 23.1 Å². The van der Waals surface area contributed by atoms with Crippen LogP contribution in [0.2, 0.25) is 0 Å². The Morgan fingerprint density at radius 2 is 2.18 bits per heavy atom. The summed E-state index contributed by atoms with van der Waals surface area (Å²) in [5.74, 6) is -0.646. The van der Waals surface area contributed by atoms with Crippen LogP contribution in [0.3, 0.4) is 0 Å². The van der Waals surface area contributed by atoms with E-state index in [-0.39, 0.29) is 17.9 Å². The van der Waals surface area contributed by atoms with Gasteiger partial charge in [0.15, 0.2) is 0 Å². The molecule has 0 unspecified atom stereocenters. The Balaban J connectivity index is 2.00. The third kappa shape index (κ3) is 3.75. The van der Waals surface area contributed by atoms with Crippen molar-refractivity contribution in [3.05, 3.63) is 47.4 Å². The number of H-pyrrole nitrogens is 1. The second-order valence-corrected chi connectivity index (χ2v) is 4.86. The maximum atomic E-state index is 11.6. The highest BCUT2D eigenvalue weighted by Gasteiger charge is 2.11. The Labute approximate surface area is 129 Å². The average molecular weight is 300 g/mol. The lowest BCUT2D eigenvalue weighted by Gasteiger charge is -2.03. The molecule has 0 spiro atoms. The largest absolute Gasteiger partial charge is 0.512 e. The fourth-order valence-electron chi connectivity index (χ4n) is 2.18. The van der Waals surface area contributed by atoms with Crippen molar-refractivity contribution in [2.24, 2.45) is 4.99 Å². The minimum atomic E-state index is -0.557. The number of aliphatic imine (C=N–C) groups is 1. The molecule has 0 bridgehead atoms. The Morgan fingerprint density at radius 3 is 2.91 bits per heavy atom. The van der Waals surface area contributed by atoms with Gasteiger partial charge in [0.1, 0.15) is 11.3 Å². The number of allylic oxidation sites excluding steroid dienone is 1. The van der Waals surface area contributed by atoms with E-state index in [0.29, 0.717) is 6.54 Å². The second kappa shape index (κ2) is 7.45. The van der Waals surface area contributed by atoms with Crippen molar-refractivity contribution in [1.82, 2.24) is 4.98 Å². The maximum absolute atomic E-state index is 11.6. The lowest BCUT2D eigenvalue weighted by Crippen LogP contribution is -2.11. The van der Waals surface area contributed by atoms with Gasteiger partial charge in [-0.1, -0.05) is 18.2 Å². The summed E-state index contributed by atoms with van der Waals surface area (Å²) in [7, 11) is 0. The molecular formula is C17H20N2O3. The van der Waals surface area contributed by atoms with Crippen LogP contribution in [-0.2, 0) is 16.0 Å². The second-order valence-electron chi connectivity index (χ2n) is 4.86. The zero-order valence-corrected chi connectivity index (χ0v) is 12.8. The molecule has 2 N–H and O–H groups in total. The normalized spacial score (nSPS) is 12.6. The molecule has 116 valence electrons. The molecule has 0 saturated heterocycles. The van der Waals surface area contributed by atoms with Crippen LogP contribution in [0.1, 0.15) is 19.4 Å². The van der Waals surface area contributed by atoms with Crippen LogP contribution in [0, 0.1) is 0 Å². The Morgan fingerprint density at radius 1 is 1.41 bits per heavy atom. The molecule has 5 heteroatoms. The number of esters is 1. The number of aliphatic hydroxyl groups is 1. The molecule has 0 aliphatic rings. The molecule has 1 heterocycles. The molecule has 5 nitrogen and oxygen atoms in total. The van der Waals surface area contributed by atoms with Crippen LogP contribution in [0.25, 0.3) is 10.9 Å². The third-order valence-corrected chi connectivity index (χ3v) is 3.29. The summed E-state index contributed by atoms with van der Waals surface area (Å²) in [5.41, 5.74) is 2.37. The van der Waals surface area contributed by atoms with Crippen LogP contribution in [0.15, 0.2) is 46.8 Å². The molecule has 0 aliphatic carbocycles. The van der Waals surface area contributed by atoms with E-state index in [4.69, 9.17) is 4.74 Å². The van der Waals surface area contributed by atoms with Crippen molar-refractivity contribution in [3.63, 3.8) is 0 Å². The number of hydrogen-bond acceptors (Lipinski definition) is 4. The first-order valence-electron chi connectivity index (χ1n) is 7.25. The average Bonchev–Trinajstić information content (AvgIpc) is 2.90. The van der Waals surface area contributed by atoms with Crippen molar-refractivity contribution in [2.45, 2.75) is 20.3 Å². The van der Waals surface area contributed by atoms with E-state index in [2.05, 4.69) is 16.0 Å². The SMILES string of the molecule is CCOC(=O)/C(C=NCCc1c[nH]c2ccccc12)=C(\C)O. The zero-order valence-electron chi connectivity index (χ0n) is 12.8. The Hall–Kier alpha value is -2.56. The Bertz CT molecular complexity index is 710. The standard InChI is InChI=1S/C17H20N2O3/c1-3-22-17(21)15(12(2)20)11-18-9-8-13-10-19-16-7-5-4-6-14(13)16/h4-7,10-11,19-20H,3,8-9H2,1-2H3/b15-12+,18-11?. The zero-order chi connectivity index (χ0) is 15.9. The van der Waals surface area contributed by atoms with Gasteiger partial charge in [-0.05, 0) is 31.9 Å². The van der Waals surface area contributed by atoms with Crippen LogP contribution >= 0.6 is 0 Å². The van der Waals surface area contributed by atoms with Gasteiger partial charge in [0.2, 0.25) is 0 Å². The predicted octanol–water partition coefficient (Wildman–Crippen LogP) is 3.18. The monoisotopic (exact) mass is 300 g/mol. The van der Waals surface area contributed by atoms with Gasteiger partial charge in [-0.2, -0.15) is 0 Å². The smallest absolute Gasteiger partial charge is 0.343 e. The summed E-state index contributed by atoms with van der Waals surface area (Å²) >= 11 is 0. The summed E-state index contributed by atoms with van der Waals surface area (Å²) in [6.07, 6.45) is 4.10. The van der Waals surface area contributed by atoms with Gasteiger partial charge in [-0.3, -0.25) is 4.99 Å². The van der Waals surface area contributed by atoms with Gasteiger partial charge in [-0.25, -0.2) is 4.79 Å². The minimum absolute atomic E-state index is 0.0886. The topological polar surface area (TPSA) is 74.7 Å². The molecule has 0 saturated carbocycles. The fourth-order valence-corrected chi connectivity index (χ4v) is 2.18. The van der Waals surface area contributed by atoms with E-state index in [1.54, 1.807) is 6.92 Å². The molecule has 1 aromatic heterocycles. The molecule has 0 radical (unpaired) electrons. The highest BCUT2D eigenvalue weighted by atomic mass is 16.5. The number of fused-ring (bicyclic) bond motifs is 1. The van der Waals surface area contributed by atoms with E-state index >= 15 is 0 Å². The number of aromatic amines is 1. The molecule has 22 heavy (non-hydrogen) atoms. The van der Waals surface area contributed by atoms with Crippen molar-refractivity contribution in [3.8, 4) is 0 Å². The van der Waals surface area contributed by atoms with Crippen molar-refractivity contribution < 1.29 is 14.6 Å². The number of para-hydroxylation sites is 1. The minimum Gasteiger partial charge on any atom is -0.512 e. The first-order valence-corrected chi connectivity index (χ1v) is 7.25. The van der Waals surface area contributed by atoms with Crippen molar-refractivity contribution in [1.29, 1.82) is 0 Å². The summed E-state index contributed by atoms with van der Waals surface area (Å²) in [6.45, 7) is 3.95. The first-order chi connectivity index (χ1) is 10.6. The van der Waals surface area contributed by atoms with Gasteiger partial charge in [0, 0.05) is 29.9 Å². The number of ether oxygens (including phenoxy) is 1. The molecule has 0 fully saturated rings. The number of rotatable bonds is 6. The molecular weight excluding hydrogens is 280 g/mol. The van der Waals surface area contributed by atoms with Gasteiger partial charge in [-0.15, -0.1) is 0 Å². The summed E-state index contributed by atoms with van der Waals surface area (Å²) in [5, 5.41) is 10.7. The summed E-state index contributed by atoms with van der Waals surface area (Å²) < 4.78 is 4.87. The number of nitrogens with zero attached hydrogens (tertiary/aromatic N) is 1. The van der Waals surface area contributed by atoms with Gasteiger partial charge < -0.3 is 14.8 Å². The quantitative estimate of drug-likeness (QED) is 0.372. The van der Waals surface area contributed by atoms with E-state index < -0.39 is 5.97 Å². The highest BCUT2D eigenvalue weighted by molar-refractivity contribution is 6.09. The van der Waals surface area contributed by atoms with Gasteiger partial charge >= 0.3 is 5.97 Å². The Kier molecular flexibility index (Phi) is 5.36. The van der Waals surface area contributed by atoms with E-state index in [0.717, 1.165) is 11.9 Å². The highest BCUT2D eigenvalue weighted by Crippen LogP contribution is 2.17. The molecule has 0 amide bonds. The van der Waals surface area contributed by atoms with Crippen LogP contribution in [0.5, 0.6) is 0 Å². The predicted molar refractivity (Wildman–Crippen MR) is 87.3 cm³/mol. The lowest BCUT2D eigenvalue weighted by molar-refractivity contribution is -0.138. The number of carbonyl (C=O) groups is 1. The number of carbonyl (C=O) groups excluding carboxylic acids is 1. The molecule has 0 atom stereocenters. The van der Waals surface area contributed by atoms with Crippen molar-refractivity contribution in [2.75, 3.05) is 13.2 Å². The first kappa shape index (κ1) is 15.8. The number of hydrogen-bond donors (Lipinski definition) is 2. The van der Waals surface area contributed by atoms with Gasteiger partial charge in [0.05, 0.1) is 6.61 Å². The lowest BCUT2D eigenvalue weighted by atomic mass is 10.1. The third-order valence-electron chi connectivity index (χ3n) is 3.29. The fraction of sp³-hybridized carbons (Fsp3) is 0.294. The van der Waals surface area contributed by atoms with E-state index in [9.17, 15) is 9.90 Å². The maximum Gasteiger partial charge on any atom is 0.343 e. The summed E-state index contributed by atoms with van der Waals surface area (Å²) in [4.78, 5) is 19.1. The van der Waals surface area contributed by atoms with E-state index in [1.165, 1.54) is 24.1 Å².